The number of rotatable bonds is 6. The van der Waals surface area contributed by atoms with Crippen LogP contribution in [0.2, 0.25) is 10.0 Å². The van der Waals surface area contributed by atoms with Crippen LogP contribution in [0, 0.1) is 0 Å². The van der Waals surface area contributed by atoms with Crippen molar-refractivity contribution in [2.24, 2.45) is 0 Å². The van der Waals surface area contributed by atoms with Gasteiger partial charge in [0.15, 0.2) is 0 Å². The molecule has 1 saturated carbocycles. The molecule has 0 bridgehead atoms. The van der Waals surface area contributed by atoms with E-state index in [-0.39, 0.29) is 12.4 Å². The lowest BCUT2D eigenvalue weighted by atomic mass is 9.96. The van der Waals surface area contributed by atoms with Crippen LogP contribution in [0.5, 0.6) is 5.75 Å². The van der Waals surface area contributed by atoms with Crippen LogP contribution in [-0.2, 0) is 13.2 Å². The summed E-state index contributed by atoms with van der Waals surface area (Å²) in [6, 6.07) is 14.4. The van der Waals surface area contributed by atoms with Crippen LogP contribution in [0.25, 0.3) is 0 Å². The van der Waals surface area contributed by atoms with E-state index in [4.69, 9.17) is 27.9 Å². The summed E-state index contributed by atoms with van der Waals surface area (Å²) in [5.41, 5.74) is 2.14. The Morgan fingerprint density at radius 1 is 0.889 bits per heavy atom. The second-order valence-electron chi connectivity index (χ2n) is 7.06. The number of para-hydroxylation sites is 1. The minimum Gasteiger partial charge on any atom is -0.489 e. The van der Waals surface area contributed by atoms with Gasteiger partial charge in [0.05, 0.1) is 0 Å². The van der Waals surface area contributed by atoms with E-state index in [0.717, 1.165) is 17.9 Å². The number of hydrogen-bond acceptors (Lipinski definition) is 2. The van der Waals surface area contributed by atoms with E-state index in [1.165, 1.54) is 50.5 Å². The number of hydrogen-bond donors (Lipinski definition) is 1. The fourth-order valence-electron chi connectivity index (χ4n) is 3.50. The molecule has 3 rings (SSSR count). The van der Waals surface area contributed by atoms with E-state index < -0.39 is 0 Å². The van der Waals surface area contributed by atoms with Crippen LogP contribution in [0.3, 0.4) is 0 Å². The van der Waals surface area contributed by atoms with Gasteiger partial charge in [0, 0.05) is 33.8 Å². The highest BCUT2D eigenvalue weighted by Crippen LogP contribution is 2.25. The molecule has 1 N–H and O–H groups in total. The normalized spacial score (nSPS) is 15.5. The Hall–Kier alpha value is -0.930. The van der Waals surface area contributed by atoms with Gasteiger partial charge in [-0.15, -0.1) is 12.4 Å². The Kier molecular flexibility index (Phi) is 9.78. The zero-order chi connectivity index (χ0) is 18.2. The van der Waals surface area contributed by atoms with E-state index in [0.29, 0.717) is 22.7 Å². The molecule has 1 aliphatic rings. The largest absolute Gasteiger partial charge is 0.489 e. The van der Waals surface area contributed by atoms with Gasteiger partial charge in [0.2, 0.25) is 0 Å². The number of benzene rings is 2. The minimum absolute atomic E-state index is 0. The molecule has 2 aromatic carbocycles. The van der Waals surface area contributed by atoms with Gasteiger partial charge >= 0.3 is 0 Å². The number of halogens is 3. The van der Waals surface area contributed by atoms with Gasteiger partial charge in [0.1, 0.15) is 12.4 Å². The molecule has 148 valence electrons. The maximum atomic E-state index is 6.25. The van der Waals surface area contributed by atoms with Gasteiger partial charge in [-0.2, -0.15) is 0 Å². The maximum Gasteiger partial charge on any atom is 0.124 e. The molecule has 5 heteroatoms. The van der Waals surface area contributed by atoms with E-state index in [1.807, 2.05) is 24.3 Å². The summed E-state index contributed by atoms with van der Waals surface area (Å²) < 4.78 is 6.06. The van der Waals surface area contributed by atoms with Gasteiger partial charge in [-0.3, -0.25) is 0 Å². The van der Waals surface area contributed by atoms with E-state index in [9.17, 15) is 0 Å². The molecule has 0 radical (unpaired) electrons. The van der Waals surface area contributed by atoms with Gasteiger partial charge < -0.3 is 10.1 Å². The Labute approximate surface area is 179 Å². The highest BCUT2D eigenvalue weighted by molar-refractivity contribution is 6.35. The minimum atomic E-state index is 0. The summed E-state index contributed by atoms with van der Waals surface area (Å²) in [7, 11) is 0. The third-order valence-corrected chi connectivity index (χ3v) is 5.64. The SMILES string of the molecule is Cl.Clc1ccc(COc2ccccc2CNC2CCCCCCC2)c(Cl)c1. The lowest BCUT2D eigenvalue weighted by Gasteiger charge is -2.22. The predicted octanol–water partition coefficient (Wildman–Crippen LogP) is 7.20. The van der Waals surface area contributed by atoms with Crippen molar-refractivity contribution >= 4 is 35.6 Å². The van der Waals surface area contributed by atoms with Gasteiger partial charge in [-0.05, 0) is 31.0 Å². The van der Waals surface area contributed by atoms with E-state index in [1.54, 1.807) is 6.07 Å². The molecule has 2 aromatic rings. The van der Waals surface area contributed by atoms with Crippen LogP contribution in [-0.4, -0.2) is 6.04 Å². The summed E-state index contributed by atoms with van der Waals surface area (Å²) in [5.74, 6) is 0.914. The number of nitrogens with one attached hydrogen (secondary N) is 1. The van der Waals surface area contributed by atoms with Crippen LogP contribution >= 0.6 is 35.6 Å². The first-order valence-electron chi connectivity index (χ1n) is 9.60. The summed E-state index contributed by atoms with van der Waals surface area (Å²) in [6.07, 6.45) is 9.39. The van der Waals surface area contributed by atoms with E-state index in [2.05, 4.69) is 17.4 Å². The van der Waals surface area contributed by atoms with Gasteiger partial charge in [-0.25, -0.2) is 0 Å². The molecule has 2 nitrogen and oxygen atoms in total. The molecule has 0 aromatic heterocycles. The van der Waals surface area contributed by atoms with E-state index >= 15 is 0 Å². The second kappa shape index (κ2) is 11.8. The molecule has 0 spiro atoms. The van der Waals surface area contributed by atoms with Crippen LogP contribution in [0.1, 0.15) is 56.1 Å². The van der Waals surface area contributed by atoms with Crippen molar-refractivity contribution in [1.82, 2.24) is 5.32 Å². The molecule has 0 saturated heterocycles. The first-order chi connectivity index (χ1) is 12.7. The molecule has 1 aliphatic carbocycles. The molecular weight excluding hydrogens is 401 g/mol. The zero-order valence-electron chi connectivity index (χ0n) is 15.6. The third kappa shape index (κ3) is 7.19. The standard InChI is InChI=1S/C22H27Cl2NO.ClH/c23-19-13-12-18(21(24)14-19)16-26-22-11-7-6-8-17(22)15-25-20-9-4-2-1-3-5-10-20;/h6-8,11-14,20,25H,1-5,9-10,15-16H2;1H. The van der Waals surface area contributed by atoms with Crippen molar-refractivity contribution in [2.45, 2.75) is 64.1 Å². The molecule has 0 aliphatic heterocycles. The van der Waals surface area contributed by atoms with Crippen molar-refractivity contribution in [3.63, 3.8) is 0 Å². The van der Waals surface area contributed by atoms with Crippen molar-refractivity contribution < 1.29 is 4.74 Å². The van der Waals surface area contributed by atoms with Gasteiger partial charge in [0.25, 0.3) is 0 Å². The first kappa shape index (κ1) is 22.4. The Bertz CT molecular complexity index is 700. The second-order valence-corrected chi connectivity index (χ2v) is 7.90. The highest BCUT2D eigenvalue weighted by Gasteiger charge is 2.12. The average Bonchev–Trinajstić information content (AvgIpc) is 2.61. The lowest BCUT2D eigenvalue weighted by molar-refractivity contribution is 0.300. The molecular formula is C22H28Cl3NO. The number of ether oxygens (including phenoxy) is 1. The topological polar surface area (TPSA) is 21.3 Å². The van der Waals surface area contributed by atoms with Gasteiger partial charge in [-0.1, -0.05) is 79.6 Å². The van der Waals surface area contributed by atoms with Crippen LogP contribution in [0.4, 0.5) is 0 Å². The molecule has 0 heterocycles. The Morgan fingerprint density at radius 2 is 1.59 bits per heavy atom. The summed E-state index contributed by atoms with van der Waals surface area (Å²) in [6.45, 7) is 1.28. The monoisotopic (exact) mass is 427 g/mol. The molecule has 0 unspecified atom stereocenters. The fraction of sp³-hybridized carbons (Fsp3) is 0.455. The quantitative estimate of drug-likeness (QED) is 0.525. The third-order valence-electron chi connectivity index (χ3n) is 5.06. The highest BCUT2D eigenvalue weighted by atomic mass is 35.5. The van der Waals surface area contributed by atoms with Crippen LogP contribution < -0.4 is 10.1 Å². The molecule has 0 atom stereocenters. The summed E-state index contributed by atoms with van der Waals surface area (Å²) in [5, 5.41) is 5.02. The molecule has 1 fully saturated rings. The van der Waals surface area contributed by atoms with Crippen molar-refractivity contribution in [2.75, 3.05) is 0 Å². The van der Waals surface area contributed by atoms with Crippen molar-refractivity contribution in [1.29, 1.82) is 0 Å². The zero-order valence-corrected chi connectivity index (χ0v) is 17.9. The molecule has 27 heavy (non-hydrogen) atoms. The maximum absolute atomic E-state index is 6.25. The summed E-state index contributed by atoms with van der Waals surface area (Å²) >= 11 is 12.2. The lowest BCUT2D eigenvalue weighted by Crippen LogP contribution is -2.29. The summed E-state index contributed by atoms with van der Waals surface area (Å²) in [4.78, 5) is 0. The first-order valence-corrected chi connectivity index (χ1v) is 10.4. The Morgan fingerprint density at radius 3 is 2.33 bits per heavy atom. The predicted molar refractivity (Wildman–Crippen MR) is 117 cm³/mol. The average molecular weight is 429 g/mol. The molecule has 0 amide bonds. The smallest absolute Gasteiger partial charge is 0.124 e. The Balaban J connectivity index is 0.00000261. The fourth-order valence-corrected chi connectivity index (χ4v) is 3.96. The van der Waals surface area contributed by atoms with Crippen molar-refractivity contribution in [3.05, 3.63) is 63.6 Å². The van der Waals surface area contributed by atoms with Crippen molar-refractivity contribution in [3.8, 4) is 5.75 Å². The van der Waals surface area contributed by atoms with Crippen LogP contribution in [0.15, 0.2) is 42.5 Å².